The van der Waals surface area contributed by atoms with Gasteiger partial charge in [-0.05, 0) is 64.2 Å². The van der Waals surface area contributed by atoms with Crippen LogP contribution in [0.4, 0.5) is 0 Å². The molecule has 1 fully saturated rings. The van der Waals surface area contributed by atoms with Crippen molar-refractivity contribution in [2.75, 3.05) is 0 Å². The number of hydrogen-bond donors (Lipinski definition) is 2. The standard InChI is InChI=1S/C14H22.C9H10O4/c1-6-12-7-8-13(10(2)3)9-14(12)11(4)5;1-9(8(12)13)4-2-3-6(5-9)7(10)11/h6,12-14H,1-2,4,7-9H2,3,5H3;2-4H,5H2,1H3,(H,10,11)(H,12,13). The zero-order valence-corrected chi connectivity index (χ0v) is 16.7. The molecule has 2 aliphatic rings. The number of carbonyl (C=O) groups is 2. The normalized spacial score (nSPS) is 29.6. The minimum absolute atomic E-state index is 0.0359. The molecule has 1 saturated carbocycles. The van der Waals surface area contributed by atoms with Gasteiger partial charge in [-0.15, -0.1) is 6.58 Å². The molecule has 27 heavy (non-hydrogen) atoms. The molecule has 0 spiro atoms. The van der Waals surface area contributed by atoms with Gasteiger partial charge in [0.15, 0.2) is 0 Å². The average molecular weight is 373 g/mol. The Bertz CT molecular complexity index is 682. The van der Waals surface area contributed by atoms with E-state index in [1.165, 1.54) is 55.6 Å². The second-order valence-electron chi connectivity index (χ2n) is 7.96. The first-order chi connectivity index (χ1) is 12.5. The van der Waals surface area contributed by atoms with E-state index in [1.807, 2.05) is 0 Å². The van der Waals surface area contributed by atoms with Gasteiger partial charge in [0, 0.05) is 5.57 Å². The summed E-state index contributed by atoms with van der Waals surface area (Å²) in [6.07, 6.45) is 10.3. The third-order valence-electron chi connectivity index (χ3n) is 5.62. The Labute approximate surface area is 162 Å². The smallest absolute Gasteiger partial charge is 0.331 e. The molecule has 4 nitrogen and oxygen atoms in total. The second kappa shape index (κ2) is 9.54. The number of hydrogen-bond acceptors (Lipinski definition) is 2. The largest absolute Gasteiger partial charge is 0.481 e. The lowest BCUT2D eigenvalue weighted by Gasteiger charge is -2.35. The maximum atomic E-state index is 10.8. The van der Waals surface area contributed by atoms with Crippen LogP contribution in [0, 0.1) is 23.2 Å². The molecule has 0 aliphatic heterocycles. The third-order valence-corrected chi connectivity index (χ3v) is 5.62. The molecular weight excluding hydrogens is 340 g/mol. The molecule has 2 aliphatic carbocycles. The molecule has 0 aromatic rings. The molecule has 0 radical (unpaired) electrons. The Kier molecular flexibility index (Phi) is 8.01. The van der Waals surface area contributed by atoms with Crippen LogP contribution < -0.4 is 0 Å². The summed E-state index contributed by atoms with van der Waals surface area (Å²) in [5, 5.41) is 17.5. The number of aliphatic carboxylic acids is 2. The fourth-order valence-corrected chi connectivity index (χ4v) is 3.67. The predicted molar refractivity (Wildman–Crippen MR) is 109 cm³/mol. The van der Waals surface area contributed by atoms with Gasteiger partial charge in [-0.25, -0.2) is 4.79 Å². The van der Waals surface area contributed by atoms with E-state index in [-0.39, 0.29) is 12.0 Å². The van der Waals surface area contributed by atoms with Crippen molar-refractivity contribution >= 4 is 11.9 Å². The molecule has 4 atom stereocenters. The van der Waals surface area contributed by atoms with Gasteiger partial charge in [0.25, 0.3) is 0 Å². The van der Waals surface area contributed by atoms with Crippen LogP contribution in [-0.2, 0) is 9.59 Å². The van der Waals surface area contributed by atoms with Crippen molar-refractivity contribution in [2.45, 2.75) is 46.5 Å². The molecule has 4 unspecified atom stereocenters. The highest BCUT2D eigenvalue weighted by Crippen LogP contribution is 2.40. The highest BCUT2D eigenvalue weighted by atomic mass is 16.4. The summed E-state index contributed by atoms with van der Waals surface area (Å²) < 4.78 is 0. The van der Waals surface area contributed by atoms with E-state index in [0.717, 1.165) is 0 Å². The number of rotatable bonds is 5. The molecule has 0 bridgehead atoms. The summed E-state index contributed by atoms with van der Waals surface area (Å²) in [6.45, 7) is 17.9. The molecule has 0 heterocycles. The third kappa shape index (κ3) is 6.09. The lowest BCUT2D eigenvalue weighted by Crippen LogP contribution is -2.28. The average Bonchev–Trinajstić information content (AvgIpc) is 2.61. The van der Waals surface area contributed by atoms with E-state index in [4.69, 9.17) is 10.2 Å². The van der Waals surface area contributed by atoms with E-state index < -0.39 is 17.4 Å². The molecule has 0 saturated heterocycles. The van der Waals surface area contributed by atoms with Gasteiger partial charge >= 0.3 is 11.9 Å². The van der Waals surface area contributed by atoms with Crippen molar-refractivity contribution in [3.05, 3.63) is 60.8 Å². The summed E-state index contributed by atoms with van der Waals surface area (Å²) in [5.74, 6) is -0.0913. The SMILES string of the molecule is C=CC1CCC(C(=C)C)CC1C(=C)C.CC1(C(=O)O)C=CC=C(C(=O)O)C1. The van der Waals surface area contributed by atoms with E-state index in [2.05, 4.69) is 39.7 Å². The van der Waals surface area contributed by atoms with Gasteiger partial charge in [-0.1, -0.05) is 48.6 Å². The van der Waals surface area contributed by atoms with E-state index in [1.54, 1.807) is 0 Å². The Morgan fingerprint density at radius 1 is 1.19 bits per heavy atom. The first kappa shape index (κ1) is 22.7. The van der Waals surface area contributed by atoms with E-state index >= 15 is 0 Å². The minimum Gasteiger partial charge on any atom is -0.481 e. The van der Waals surface area contributed by atoms with Crippen LogP contribution in [0.2, 0.25) is 0 Å². The van der Waals surface area contributed by atoms with Gasteiger partial charge in [0.05, 0.1) is 5.41 Å². The van der Waals surface area contributed by atoms with Crippen molar-refractivity contribution in [2.24, 2.45) is 23.2 Å². The van der Waals surface area contributed by atoms with Crippen molar-refractivity contribution < 1.29 is 19.8 Å². The van der Waals surface area contributed by atoms with E-state index in [9.17, 15) is 9.59 Å². The number of allylic oxidation sites excluding steroid dienone is 5. The van der Waals surface area contributed by atoms with Gasteiger partial charge in [-0.2, -0.15) is 0 Å². The zero-order chi connectivity index (χ0) is 20.8. The molecule has 4 heteroatoms. The summed E-state index contributed by atoms with van der Waals surface area (Å²) in [5.41, 5.74) is 1.69. The highest BCUT2D eigenvalue weighted by molar-refractivity contribution is 5.90. The van der Waals surface area contributed by atoms with E-state index in [0.29, 0.717) is 17.8 Å². The fourth-order valence-electron chi connectivity index (χ4n) is 3.67. The Morgan fingerprint density at radius 2 is 1.81 bits per heavy atom. The minimum atomic E-state index is -1.08. The van der Waals surface area contributed by atoms with Gasteiger partial charge in [0.1, 0.15) is 0 Å². The second-order valence-corrected chi connectivity index (χ2v) is 7.96. The quantitative estimate of drug-likeness (QED) is 0.633. The lowest BCUT2D eigenvalue weighted by molar-refractivity contribution is -0.145. The lowest BCUT2D eigenvalue weighted by atomic mass is 9.70. The highest BCUT2D eigenvalue weighted by Gasteiger charge is 2.34. The first-order valence-corrected chi connectivity index (χ1v) is 9.30. The van der Waals surface area contributed by atoms with Gasteiger partial charge < -0.3 is 10.2 Å². The van der Waals surface area contributed by atoms with Gasteiger partial charge in [-0.3, -0.25) is 4.79 Å². The Morgan fingerprint density at radius 3 is 2.26 bits per heavy atom. The zero-order valence-electron chi connectivity index (χ0n) is 16.7. The molecule has 2 rings (SSSR count). The van der Waals surface area contributed by atoms with Crippen LogP contribution in [0.5, 0.6) is 0 Å². The van der Waals surface area contributed by atoms with Crippen molar-refractivity contribution in [3.63, 3.8) is 0 Å². The van der Waals surface area contributed by atoms with Crippen LogP contribution >= 0.6 is 0 Å². The van der Waals surface area contributed by atoms with Crippen molar-refractivity contribution in [3.8, 4) is 0 Å². The molecule has 0 amide bonds. The Balaban J connectivity index is 0.000000271. The molecular formula is C23H32O4. The van der Waals surface area contributed by atoms with Crippen LogP contribution in [0.25, 0.3) is 0 Å². The monoisotopic (exact) mass is 372 g/mol. The summed E-state index contributed by atoms with van der Waals surface area (Å²) >= 11 is 0. The maximum absolute atomic E-state index is 10.8. The predicted octanol–water partition coefficient (Wildman–Crippen LogP) is 5.41. The van der Waals surface area contributed by atoms with Gasteiger partial charge in [0.2, 0.25) is 0 Å². The fraction of sp³-hybridized carbons (Fsp3) is 0.478. The van der Waals surface area contributed by atoms with Crippen LogP contribution in [0.1, 0.15) is 46.5 Å². The van der Waals surface area contributed by atoms with Crippen LogP contribution in [0.15, 0.2) is 60.8 Å². The summed E-state index contributed by atoms with van der Waals surface area (Å²) in [6, 6.07) is 0. The van der Waals surface area contributed by atoms with Crippen LogP contribution in [-0.4, -0.2) is 22.2 Å². The molecule has 148 valence electrons. The summed E-state index contributed by atoms with van der Waals surface area (Å²) in [7, 11) is 0. The van der Waals surface area contributed by atoms with Crippen molar-refractivity contribution in [1.82, 2.24) is 0 Å². The molecule has 0 aromatic heterocycles. The van der Waals surface area contributed by atoms with Crippen LogP contribution in [0.3, 0.4) is 0 Å². The summed E-state index contributed by atoms with van der Waals surface area (Å²) in [4.78, 5) is 21.3. The Hall–Kier alpha value is -2.36. The van der Waals surface area contributed by atoms with Crippen molar-refractivity contribution in [1.29, 1.82) is 0 Å². The topological polar surface area (TPSA) is 74.6 Å². The maximum Gasteiger partial charge on any atom is 0.331 e. The molecule has 2 N–H and O–H groups in total. The number of carboxylic acids is 2. The molecule has 0 aromatic carbocycles. The first-order valence-electron chi connectivity index (χ1n) is 9.30. The number of carboxylic acid groups (broad SMARTS) is 2.